The molecule has 8 heteroatoms. The van der Waals surface area contributed by atoms with Crippen molar-refractivity contribution < 1.29 is 24.2 Å². The lowest BCUT2D eigenvalue weighted by molar-refractivity contribution is -0.138. The summed E-state index contributed by atoms with van der Waals surface area (Å²) in [7, 11) is 5.05. The van der Waals surface area contributed by atoms with Crippen LogP contribution >= 0.6 is 21.6 Å². The van der Waals surface area contributed by atoms with Crippen LogP contribution in [-0.2, 0) is 19.1 Å². The maximum Gasteiger partial charge on any atom is 0.332 e. The van der Waals surface area contributed by atoms with Crippen LogP contribution < -0.4 is 0 Å². The Bertz CT molecular complexity index is 416. The zero-order valence-corrected chi connectivity index (χ0v) is 16.7. The van der Waals surface area contributed by atoms with Gasteiger partial charge in [-0.1, -0.05) is 27.7 Å². The summed E-state index contributed by atoms with van der Waals surface area (Å²) in [5.41, 5.74) is 0. The molecule has 0 saturated heterocycles. The number of nitrogens with zero attached hydrogens (tertiary/aromatic N) is 1. The van der Waals surface area contributed by atoms with Crippen LogP contribution in [0, 0.1) is 0 Å². The number of ether oxygens (including phenoxy) is 2. The highest BCUT2D eigenvalue weighted by molar-refractivity contribution is 8.76. The first-order valence-electron chi connectivity index (χ1n) is 8.30. The van der Waals surface area contributed by atoms with Crippen LogP contribution in [0.4, 0.5) is 0 Å². The van der Waals surface area contributed by atoms with E-state index in [4.69, 9.17) is 14.6 Å². The molecule has 0 aromatic rings. The molecule has 25 heavy (non-hydrogen) atoms. The van der Waals surface area contributed by atoms with Gasteiger partial charge in [0.05, 0.1) is 0 Å². The molecule has 0 bridgehead atoms. The third-order valence-electron chi connectivity index (χ3n) is 2.84. The Morgan fingerprint density at radius 2 is 1.60 bits per heavy atom. The molecule has 0 radical (unpaired) electrons. The van der Waals surface area contributed by atoms with Crippen LogP contribution in [0.5, 0.6) is 0 Å². The van der Waals surface area contributed by atoms with Crippen LogP contribution in [0.3, 0.4) is 0 Å². The van der Waals surface area contributed by atoms with Crippen molar-refractivity contribution >= 4 is 33.5 Å². The van der Waals surface area contributed by atoms with E-state index in [-0.39, 0.29) is 18.5 Å². The van der Waals surface area contributed by atoms with E-state index in [1.54, 1.807) is 40.8 Å². The second kappa shape index (κ2) is 17.7. The molecule has 0 fully saturated rings. The minimum atomic E-state index is -0.354. The van der Waals surface area contributed by atoms with Gasteiger partial charge in [-0.3, -0.25) is 0 Å². The fraction of sp³-hybridized carbons (Fsp3) is 0.647. The summed E-state index contributed by atoms with van der Waals surface area (Å²) >= 11 is 0. The number of esters is 2. The van der Waals surface area contributed by atoms with Crippen molar-refractivity contribution in [3.05, 3.63) is 24.4 Å². The van der Waals surface area contributed by atoms with E-state index in [9.17, 15) is 9.59 Å². The molecule has 0 heterocycles. The number of allylic oxidation sites excluding steroid dienone is 1. The summed E-state index contributed by atoms with van der Waals surface area (Å²) in [6.45, 7) is 3.55. The maximum atomic E-state index is 11.5. The van der Waals surface area contributed by atoms with Gasteiger partial charge < -0.3 is 19.5 Å². The Balaban J connectivity index is 3.51. The molecular formula is C17H29NO5S2. The van der Waals surface area contributed by atoms with E-state index in [1.807, 2.05) is 11.9 Å². The summed E-state index contributed by atoms with van der Waals surface area (Å²) in [5, 5.41) is 8.70. The van der Waals surface area contributed by atoms with Gasteiger partial charge in [0, 0.05) is 50.1 Å². The molecule has 144 valence electrons. The number of rotatable bonds is 15. The lowest BCUT2D eigenvalue weighted by Gasteiger charge is -2.12. The van der Waals surface area contributed by atoms with Gasteiger partial charge in [0.25, 0.3) is 0 Å². The molecule has 0 aliphatic carbocycles. The van der Waals surface area contributed by atoms with E-state index < -0.39 is 0 Å². The minimum absolute atomic E-state index is 0.226. The van der Waals surface area contributed by atoms with Gasteiger partial charge in [0.15, 0.2) is 0 Å². The van der Waals surface area contributed by atoms with Crippen LogP contribution in [0.25, 0.3) is 0 Å². The number of carbonyl (C=O) groups excluding carboxylic acids is 2. The fourth-order valence-electron chi connectivity index (χ4n) is 1.62. The summed E-state index contributed by atoms with van der Waals surface area (Å²) in [6, 6.07) is 0. The summed E-state index contributed by atoms with van der Waals surface area (Å²) in [4.78, 5) is 24.5. The quantitative estimate of drug-likeness (QED) is 0.198. The van der Waals surface area contributed by atoms with E-state index in [1.165, 1.54) is 12.2 Å². The van der Waals surface area contributed by atoms with Gasteiger partial charge in [-0.15, -0.1) is 0 Å². The van der Waals surface area contributed by atoms with Gasteiger partial charge in [-0.25, -0.2) is 9.59 Å². The first-order valence-corrected chi connectivity index (χ1v) is 10.8. The molecule has 0 spiro atoms. The first kappa shape index (κ1) is 23.9. The Kier molecular flexibility index (Phi) is 16.9. The maximum absolute atomic E-state index is 11.5. The van der Waals surface area contributed by atoms with E-state index >= 15 is 0 Å². The van der Waals surface area contributed by atoms with Crippen LogP contribution in [0.1, 0.15) is 26.2 Å². The number of aliphatic hydroxyl groups excluding tert-OH is 1. The Morgan fingerprint density at radius 1 is 1.00 bits per heavy atom. The van der Waals surface area contributed by atoms with E-state index in [2.05, 4.69) is 0 Å². The Labute approximate surface area is 158 Å². The van der Waals surface area contributed by atoms with Gasteiger partial charge in [0.2, 0.25) is 0 Å². The SMILES string of the molecule is C/C=C/C(=O)OCCSSCCOC(=O)/C=C/N(C)CCCCCO. The summed E-state index contributed by atoms with van der Waals surface area (Å²) in [6.07, 6.45) is 8.93. The largest absolute Gasteiger partial charge is 0.462 e. The predicted molar refractivity (Wildman–Crippen MR) is 104 cm³/mol. The molecule has 0 rings (SSSR count). The van der Waals surface area contributed by atoms with Crippen molar-refractivity contribution in [2.45, 2.75) is 26.2 Å². The van der Waals surface area contributed by atoms with E-state index in [0.29, 0.717) is 24.7 Å². The molecule has 0 unspecified atom stereocenters. The molecule has 0 aromatic carbocycles. The molecular weight excluding hydrogens is 362 g/mol. The van der Waals surface area contributed by atoms with Crippen LogP contribution in [0.2, 0.25) is 0 Å². The highest BCUT2D eigenvalue weighted by Crippen LogP contribution is 2.20. The minimum Gasteiger partial charge on any atom is -0.462 e. The topological polar surface area (TPSA) is 76.1 Å². The molecule has 6 nitrogen and oxygen atoms in total. The lowest BCUT2D eigenvalue weighted by Crippen LogP contribution is -2.13. The Morgan fingerprint density at radius 3 is 2.16 bits per heavy atom. The highest BCUT2D eigenvalue weighted by atomic mass is 33.1. The third-order valence-corrected chi connectivity index (χ3v) is 5.18. The number of hydrogen-bond acceptors (Lipinski definition) is 8. The van der Waals surface area contributed by atoms with Crippen molar-refractivity contribution in [1.82, 2.24) is 4.90 Å². The monoisotopic (exact) mass is 391 g/mol. The number of aliphatic hydroxyl groups is 1. The van der Waals surface area contributed by atoms with Crippen molar-refractivity contribution in [3.8, 4) is 0 Å². The lowest BCUT2D eigenvalue weighted by atomic mass is 10.2. The molecule has 0 atom stereocenters. The number of carbonyl (C=O) groups is 2. The smallest absolute Gasteiger partial charge is 0.332 e. The van der Waals surface area contributed by atoms with Crippen molar-refractivity contribution in [3.63, 3.8) is 0 Å². The standard InChI is InChI=1S/C17H29NO5S2/c1-3-7-16(20)22-12-14-24-25-15-13-23-17(21)8-10-18(2)9-5-4-6-11-19/h3,7-8,10,19H,4-6,9,11-15H2,1-2H3/b7-3+,10-8+. The third kappa shape index (κ3) is 17.5. The van der Waals surface area contributed by atoms with Crippen LogP contribution in [-0.4, -0.2) is 66.9 Å². The number of hydrogen-bond donors (Lipinski definition) is 1. The van der Waals surface area contributed by atoms with Crippen LogP contribution in [0.15, 0.2) is 24.4 Å². The second-order valence-electron chi connectivity index (χ2n) is 5.06. The van der Waals surface area contributed by atoms with Crippen molar-refractivity contribution in [1.29, 1.82) is 0 Å². The normalized spacial score (nSPS) is 11.2. The molecule has 0 saturated carbocycles. The first-order chi connectivity index (χ1) is 12.1. The van der Waals surface area contributed by atoms with E-state index in [0.717, 1.165) is 25.8 Å². The highest BCUT2D eigenvalue weighted by Gasteiger charge is 2.00. The van der Waals surface area contributed by atoms with Gasteiger partial charge in [-0.2, -0.15) is 0 Å². The second-order valence-corrected chi connectivity index (χ2v) is 7.76. The van der Waals surface area contributed by atoms with Gasteiger partial charge in [0.1, 0.15) is 13.2 Å². The molecule has 1 N–H and O–H groups in total. The fourth-order valence-corrected chi connectivity index (χ4v) is 3.27. The molecule has 0 aromatic heterocycles. The van der Waals surface area contributed by atoms with Gasteiger partial charge >= 0.3 is 11.9 Å². The molecule has 0 amide bonds. The van der Waals surface area contributed by atoms with Crippen molar-refractivity contribution in [2.75, 3.05) is 44.9 Å². The Hall–Kier alpha value is -1.12. The average molecular weight is 392 g/mol. The molecule has 0 aliphatic heterocycles. The summed E-state index contributed by atoms with van der Waals surface area (Å²) in [5.74, 6) is 0.702. The average Bonchev–Trinajstić information content (AvgIpc) is 2.59. The zero-order valence-electron chi connectivity index (χ0n) is 15.0. The molecule has 0 aliphatic rings. The van der Waals surface area contributed by atoms with Gasteiger partial charge in [-0.05, 0) is 26.2 Å². The van der Waals surface area contributed by atoms with Crippen molar-refractivity contribution in [2.24, 2.45) is 0 Å². The zero-order chi connectivity index (χ0) is 18.8. The number of unbranched alkanes of at least 4 members (excludes halogenated alkanes) is 2. The summed E-state index contributed by atoms with van der Waals surface area (Å²) < 4.78 is 10.0. The predicted octanol–water partition coefficient (Wildman–Crippen LogP) is 2.64.